The van der Waals surface area contributed by atoms with E-state index in [4.69, 9.17) is 9.47 Å². The Morgan fingerprint density at radius 3 is 2.78 bits per heavy atom. The quantitative estimate of drug-likeness (QED) is 0.854. The summed E-state index contributed by atoms with van der Waals surface area (Å²) in [6, 6.07) is 4.93. The molecule has 2 fully saturated rings. The molecule has 1 unspecified atom stereocenters. The fraction of sp³-hybridized carbons (Fsp3) is 0.533. The lowest BCUT2D eigenvalue weighted by Crippen LogP contribution is -2.32. The molecule has 7 nitrogen and oxygen atoms in total. The predicted octanol–water partition coefficient (Wildman–Crippen LogP) is 0.704. The van der Waals surface area contributed by atoms with Gasteiger partial charge in [0, 0.05) is 31.6 Å². The van der Waals surface area contributed by atoms with Crippen molar-refractivity contribution in [3.63, 3.8) is 0 Å². The van der Waals surface area contributed by atoms with Crippen LogP contribution in [0.15, 0.2) is 23.1 Å². The van der Waals surface area contributed by atoms with Gasteiger partial charge < -0.3 is 14.4 Å². The van der Waals surface area contributed by atoms with Crippen LogP contribution in [0.3, 0.4) is 0 Å². The molecule has 8 heteroatoms. The number of hydrogen-bond donors (Lipinski definition) is 1. The first-order valence-electron chi connectivity index (χ1n) is 7.72. The predicted molar refractivity (Wildman–Crippen MR) is 80.6 cm³/mol. The van der Waals surface area contributed by atoms with E-state index in [9.17, 15) is 13.2 Å². The largest absolute Gasteiger partial charge is 0.454 e. The Kier molecular flexibility index (Phi) is 3.46. The molecule has 2 heterocycles. The van der Waals surface area contributed by atoms with Gasteiger partial charge in [0.1, 0.15) is 0 Å². The molecule has 0 aromatic heterocycles. The summed E-state index contributed by atoms with van der Waals surface area (Å²) in [5.41, 5.74) is 0. The second-order valence-electron chi connectivity index (χ2n) is 6.21. The Labute approximate surface area is 134 Å². The van der Waals surface area contributed by atoms with Crippen LogP contribution in [0.4, 0.5) is 0 Å². The van der Waals surface area contributed by atoms with Gasteiger partial charge in [0.05, 0.1) is 4.90 Å². The third-order valence-corrected chi connectivity index (χ3v) is 5.86. The van der Waals surface area contributed by atoms with Gasteiger partial charge in [0.2, 0.25) is 22.7 Å². The van der Waals surface area contributed by atoms with Gasteiger partial charge in [-0.1, -0.05) is 0 Å². The number of amides is 1. The van der Waals surface area contributed by atoms with Gasteiger partial charge >= 0.3 is 0 Å². The topological polar surface area (TPSA) is 84.9 Å². The molecule has 1 saturated carbocycles. The zero-order chi connectivity index (χ0) is 16.0. The smallest absolute Gasteiger partial charge is 0.240 e. The van der Waals surface area contributed by atoms with Gasteiger partial charge in [-0.05, 0) is 30.9 Å². The Bertz CT molecular complexity index is 744. The molecule has 1 aromatic rings. The molecule has 1 amide bonds. The van der Waals surface area contributed by atoms with E-state index in [0.717, 1.165) is 12.8 Å². The first kappa shape index (κ1) is 14.8. The number of likely N-dealkylation sites (tertiary alicyclic amines) is 1. The van der Waals surface area contributed by atoms with E-state index in [1.54, 1.807) is 6.07 Å². The highest BCUT2D eigenvalue weighted by molar-refractivity contribution is 7.89. The van der Waals surface area contributed by atoms with Crippen LogP contribution in [-0.2, 0) is 14.8 Å². The van der Waals surface area contributed by atoms with Crippen molar-refractivity contribution in [2.24, 2.45) is 5.92 Å². The Hall–Kier alpha value is -1.80. The molecule has 3 aliphatic rings. The zero-order valence-corrected chi connectivity index (χ0v) is 13.3. The lowest BCUT2D eigenvalue weighted by atomic mass is 10.1. The molecule has 0 bridgehead atoms. The Morgan fingerprint density at radius 2 is 2.00 bits per heavy atom. The van der Waals surface area contributed by atoms with E-state index < -0.39 is 10.0 Å². The molecule has 23 heavy (non-hydrogen) atoms. The summed E-state index contributed by atoms with van der Waals surface area (Å²) in [6.07, 6.45) is 2.56. The summed E-state index contributed by atoms with van der Waals surface area (Å²) in [6.45, 7) is 1.02. The third kappa shape index (κ3) is 2.88. The molecule has 2 aliphatic heterocycles. The first-order valence-corrected chi connectivity index (χ1v) is 9.20. The van der Waals surface area contributed by atoms with E-state index in [1.165, 1.54) is 12.1 Å². The standard InChI is InChI=1S/C15H18N2O5S/c18-15-5-10(8-17(15)11-1-2-11)7-16-23(19,20)12-3-4-13-14(6-12)22-9-21-13/h3-4,6,10-11,16H,1-2,5,7-9H2. The van der Waals surface area contributed by atoms with E-state index in [-0.39, 0.29) is 30.1 Å². The molecule has 124 valence electrons. The van der Waals surface area contributed by atoms with Crippen molar-refractivity contribution in [1.29, 1.82) is 0 Å². The van der Waals surface area contributed by atoms with Crippen molar-refractivity contribution in [2.75, 3.05) is 19.9 Å². The lowest BCUT2D eigenvalue weighted by molar-refractivity contribution is -0.128. The maximum atomic E-state index is 12.4. The number of nitrogens with one attached hydrogen (secondary N) is 1. The molecular formula is C15H18N2O5S. The Balaban J connectivity index is 1.41. The number of benzene rings is 1. The summed E-state index contributed by atoms with van der Waals surface area (Å²) in [5, 5.41) is 0. The lowest BCUT2D eigenvalue weighted by Gasteiger charge is -2.15. The van der Waals surface area contributed by atoms with Crippen molar-refractivity contribution in [2.45, 2.75) is 30.2 Å². The molecule has 0 radical (unpaired) electrons. The summed E-state index contributed by atoms with van der Waals surface area (Å²) >= 11 is 0. The number of hydrogen-bond acceptors (Lipinski definition) is 5. The van der Waals surface area contributed by atoms with Gasteiger partial charge in [0.25, 0.3) is 0 Å². The van der Waals surface area contributed by atoms with Crippen molar-refractivity contribution in [1.82, 2.24) is 9.62 Å². The second-order valence-corrected chi connectivity index (χ2v) is 7.98. The van der Waals surface area contributed by atoms with E-state index in [2.05, 4.69) is 4.72 Å². The summed E-state index contributed by atoms with van der Waals surface area (Å²) in [4.78, 5) is 13.9. The number of fused-ring (bicyclic) bond motifs is 1. The highest BCUT2D eigenvalue weighted by Gasteiger charge is 2.39. The number of nitrogens with zero attached hydrogens (tertiary/aromatic N) is 1. The highest BCUT2D eigenvalue weighted by Crippen LogP contribution is 2.34. The van der Waals surface area contributed by atoms with Crippen LogP contribution in [0.25, 0.3) is 0 Å². The van der Waals surface area contributed by atoms with E-state index in [0.29, 0.717) is 30.5 Å². The van der Waals surface area contributed by atoms with E-state index in [1.807, 2.05) is 4.90 Å². The maximum Gasteiger partial charge on any atom is 0.240 e. The molecule has 1 aliphatic carbocycles. The fourth-order valence-electron chi connectivity index (χ4n) is 3.04. The fourth-order valence-corrected chi connectivity index (χ4v) is 4.17. The molecule has 1 atom stereocenters. The van der Waals surface area contributed by atoms with Crippen LogP contribution in [0.1, 0.15) is 19.3 Å². The van der Waals surface area contributed by atoms with Gasteiger partial charge in [-0.2, -0.15) is 0 Å². The van der Waals surface area contributed by atoms with Crippen LogP contribution in [0, 0.1) is 5.92 Å². The van der Waals surface area contributed by atoms with Gasteiger partial charge in [-0.15, -0.1) is 0 Å². The third-order valence-electron chi connectivity index (χ3n) is 4.44. The average Bonchev–Trinajstić information content (AvgIpc) is 3.13. The molecule has 1 aromatic carbocycles. The van der Waals surface area contributed by atoms with Gasteiger partial charge in [0.15, 0.2) is 11.5 Å². The maximum absolute atomic E-state index is 12.4. The molecule has 0 spiro atoms. The summed E-state index contributed by atoms with van der Waals surface area (Å²) in [5.74, 6) is 1.15. The molecule has 4 rings (SSSR count). The van der Waals surface area contributed by atoms with Crippen molar-refractivity contribution < 1.29 is 22.7 Å². The summed E-state index contributed by atoms with van der Waals surface area (Å²) < 4.78 is 37.8. The monoisotopic (exact) mass is 338 g/mol. The molecular weight excluding hydrogens is 320 g/mol. The minimum atomic E-state index is -3.62. The minimum Gasteiger partial charge on any atom is -0.454 e. The molecule has 1 N–H and O–H groups in total. The van der Waals surface area contributed by atoms with Crippen LogP contribution in [0.2, 0.25) is 0 Å². The number of rotatable bonds is 5. The van der Waals surface area contributed by atoms with Crippen molar-refractivity contribution >= 4 is 15.9 Å². The number of carbonyl (C=O) groups is 1. The first-order chi connectivity index (χ1) is 11.0. The minimum absolute atomic E-state index is 0.0342. The number of carbonyl (C=O) groups excluding carboxylic acids is 1. The SMILES string of the molecule is O=C1CC(CNS(=O)(=O)c2ccc3c(c2)OCO3)CN1C1CC1. The number of ether oxygens (including phenoxy) is 2. The normalized spacial score (nSPS) is 23.6. The zero-order valence-electron chi connectivity index (χ0n) is 12.5. The van der Waals surface area contributed by atoms with Crippen LogP contribution >= 0.6 is 0 Å². The molecule has 1 saturated heterocycles. The number of sulfonamides is 1. The Morgan fingerprint density at radius 1 is 1.22 bits per heavy atom. The van der Waals surface area contributed by atoms with Crippen LogP contribution < -0.4 is 14.2 Å². The second kappa shape index (κ2) is 5.38. The van der Waals surface area contributed by atoms with Gasteiger partial charge in [-0.25, -0.2) is 13.1 Å². The summed E-state index contributed by atoms with van der Waals surface area (Å²) in [7, 11) is -3.62. The highest BCUT2D eigenvalue weighted by atomic mass is 32.2. The van der Waals surface area contributed by atoms with Crippen molar-refractivity contribution in [3.8, 4) is 11.5 Å². The van der Waals surface area contributed by atoms with Crippen molar-refractivity contribution in [3.05, 3.63) is 18.2 Å². The van der Waals surface area contributed by atoms with Crippen LogP contribution in [-0.4, -0.2) is 45.1 Å². The van der Waals surface area contributed by atoms with E-state index >= 15 is 0 Å². The average molecular weight is 338 g/mol. The van der Waals surface area contributed by atoms with Crippen LogP contribution in [0.5, 0.6) is 11.5 Å². The van der Waals surface area contributed by atoms with Gasteiger partial charge in [-0.3, -0.25) is 4.79 Å².